The second-order valence-corrected chi connectivity index (χ2v) is 4.64. The lowest BCUT2D eigenvalue weighted by atomic mass is 10.2. The van der Waals surface area contributed by atoms with Gasteiger partial charge in [-0.1, -0.05) is 30.3 Å². The molecular formula is C17H21NO2. The van der Waals surface area contributed by atoms with E-state index in [0.29, 0.717) is 13.2 Å². The third-order valence-corrected chi connectivity index (χ3v) is 3.13. The summed E-state index contributed by atoms with van der Waals surface area (Å²) in [5, 5.41) is 3.37. The second-order valence-electron chi connectivity index (χ2n) is 4.64. The van der Waals surface area contributed by atoms with Crippen LogP contribution < -0.4 is 10.1 Å². The zero-order chi connectivity index (χ0) is 14.2. The zero-order valence-electron chi connectivity index (χ0n) is 12.1. The molecule has 0 heterocycles. The fourth-order valence-electron chi connectivity index (χ4n) is 1.94. The van der Waals surface area contributed by atoms with Gasteiger partial charge in [0.05, 0.1) is 20.3 Å². The van der Waals surface area contributed by atoms with E-state index in [-0.39, 0.29) is 0 Å². The lowest BCUT2D eigenvalue weighted by molar-refractivity contribution is 0.130. The summed E-state index contributed by atoms with van der Waals surface area (Å²) in [4.78, 5) is 0. The van der Waals surface area contributed by atoms with E-state index in [1.54, 1.807) is 7.11 Å². The van der Waals surface area contributed by atoms with Gasteiger partial charge in [-0.25, -0.2) is 0 Å². The molecule has 106 valence electrons. The third kappa shape index (κ3) is 4.28. The van der Waals surface area contributed by atoms with Crippen LogP contribution in [0.2, 0.25) is 0 Å². The minimum absolute atomic E-state index is 0.624. The highest BCUT2D eigenvalue weighted by Gasteiger charge is 1.97. The van der Waals surface area contributed by atoms with Crippen LogP contribution in [0.4, 0.5) is 5.69 Å². The van der Waals surface area contributed by atoms with E-state index in [1.165, 1.54) is 11.3 Å². The molecule has 0 aromatic heterocycles. The van der Waals surface area contributed by atoms with Crippen molar-refractivity contribution in [3.63, 3.8) is 0 Å². The summed E-state index contributed by atoms with van der Waals surface area (Å²) in [5.41, 5.74) is 3.57. The summed E-state index contributed by atoms with van der Waals surface area (Å²) < 4.78 is 10.8. The first-order valence-electron chi connectivity index (χ1n) is 6.80. The van der Waals surface area contributed by atoms with E-state index in [2.05, 4.69) is 24.4 Å². The van der Waals surface area contributed by atoms with Gasteiger partial charge < -0.3 is 14.8 Å². The van der Waals surface area contributed by atoms with Crippen LogP contribution in [0, 0.1) is 6.92 Å². The van der Waals surface area contributed by atoms with Crippen molar-refractivity contribution in [2.75, 3.05) is 25.6 Å². The Morgan fingerprint density at radius 2 is 1.75 bits per heavy atom. The summed E-state index contributed by atoms with van der Waals surface area (Å²) in [6, 6.07) is 16.2. The van der Waals surface area contributed by atoms with Gasteiger partial charge in [0.2, 0.25) is 0 Å². The Labute approximate surface area is 120 Å². The van der Waals surface area contributed by atoms with Crippen LogP contribution in [0.1, 0.15) is 11.1 Å². The molecule has 0 aliphatic heterocycles. The van der Waals surface area contributed by atoms with Crippen molar-refractivity contribution in [1.82, 2.24) is 0 Å². The van der Waals surface area contributed by atoms with Gasteiger partial charge in [0.1, 0.15) is 5.75 Å². The average molecular weight is 271 g/mol. The minimum Gasteiger partial charge on any atom is -0.497 e. The van der Waals surface area contributed by atoms with Crippen LogP contribution in [0.5, 0.6) is 5.75 Å². The van der Waals surface area contributed by atoms with Crippen molar-refractivity contribution in [1.29, 1.82) is 0 Å². The van der Waals surface area contributed by atoms with Crippen LogP contribution in [0.15, 0.2) is 48.5 Å². The predicted molar refractivity (Wildman–Crippen MR) is 82.3 cm³/mol. The van der Waals surface area contributed by atoms with Gasteiger partial charge in [-0.15, -0.1) is 0 Å². The number of rotatable bonds is 7. The molecule has 2 rings (SSSR count). The fourth-order valence-corrected chi connectivity index (χ4v) is 1.94. The Morgan fingerprint density at radius 3 is 2.45 bits per heavy atom. The van der Waals surface area contributed by atoms with Crippen molar-refractivity contribution in [3.8, 4) is 5.75 Å². The number of ether oxygens (including phenoxy) is 2. The van der Waals surface area contributed by atoms with E-state index in [0.717, 1.165) is 17.9 Å². The van der Waals surface area contributed by atoms with E-state index in [4.69, 9.17) is 9.47 Å². The molecule has 3 nitrogen and oxygen atoms in total. The molecule has 0 aliphatic carbocycles. The number of methoxy groups -OCH3 is 1. The topological polar surface area (TPSA) is 30.5 Å². The SMILES string of the molecule is COc1ccc(COCCNc2ccccc2C)cc1. The summed E-state index contributed by atoms with van der Waals surface area (Å²) in [6.07, 6.45) is 0. The minimum atomic E-state index is 0.624. The third-order valence-electron chi connectivity index (χ3n) is 3.13. The molecule has 2 aromatic rings. The molecule has 0 fully saturated rings. The van der Waals surface area contributed by atoms with E-state index < -0.39 is 0 Å². The molecule has 1 N–H and O–H groups in total. The lowest BCUT2D eigenvalue weighted by Crippen LogP contribution is -2.10. The largest absolute Gasteiger partial charge is 0.497 e. The van der Waals surface area contributed by atoms with Crippen molar-refractivity contribution in [3.05, 3.63) is 59.7 Å². The standard InChI is InChI=1S/C17H21NO2/c1-14-5-3-4-6-17(14)18-11-12-20-13-15-7-9-16(19-2)10-8-15/h3-10,18H,11-13H2,1-2H3. The fraction of sp³-hybridized carbons (Fsp3) is 0.294. The first kappa shape index (κ1) is 14.4. The molecule has 0 atom stereocenters. The van der Waals surface area contributed by atoms with Crippen LogP contribution >= 0.6 is 0 Å². The molecule has 0 spiro atoms. The summed E-state index contributed by atoms with van der Waals surface area (Å²) in [6.45, 7) is 4.21. The number of anilines is 1. The van der Waals surface area contributed by atoms with Gasteiger partial charge in [0.25, 0.3) is 0 Å². The molecular weight excluding hydrogens is 250 g/mol. The maximum atomic E-state index is 5.65. The molecule has 0 saturated heterocycles. The number of para-hydroxylation sites is 1. The highest BCUT2D eigenvalue weighted by Crippen LogP contribution is 2.13. The number of benzene rings is 2. The Kier molecular flexibility index (Phi) is 5.44. The maximum absolute atomic E-state index is 5.65. The monoisotopic (exact) mass is 271 g/mol. The van der Waals surface area contributed by atoms with E-state index >= 15 is 0 Å². The molecule has 20 heavy (non-hydrogen) atoms. The van der Waals surface area contributed by atoms with Gasteiger partial charge >= 0.3 is 0 Å². The van der Waals surface area contributed by atoms with E-state index in [1.807, 2.05) is 36.4 Å². The van der Waals surface area contributed by atoms with Crippen molar-refractivity contribution in [2.24, 2.45) is 0 Å². The number of nitrogens with one attached hydrogen (secondary N) is 1. The highest BCUT2D eigenvalue weighted by atomic mass is 16.5. The van der Waals surface area contributed by atoms with Gasteiger partial charge in [0, 0.05) is 12.2 Å². The quantitative estimate of drug-likeness (QED) is 0.780. The van der Waals surface area contributed by atoms with Crippen LogP contribution in [-0.4, -0.2) is 20.3 Å². The molecule has 0 bridgehead atoms. The van der Waals surface area contributed by atoms with Crippen LogP contribution in [-0.2, 0) is 11.3 Å². The number of aryl methyl sites for hydroxylation is 1. The average Bonchev–Trinajstić information content (AvgIpc) is 2.49. The van der Waals surface area contributed by atoms with Gasteiger partial charge in [-0.2, -0.15) is 0 Å². The summed E-state index contributed by atoms with van der Waals surface area (Å²) in [7, 11) is 1.67. The van der Waals surface area contributed by atoms with Crippen LogP contribution in [0.3, 0.4) is 0 Å². The Morgan fingerprint density at radius 1 is 1.00 bits per heavy atom. The zero-order valence-corrected chi connectivity index (χ0v) is 12.1. The summed E-state index contributed by atoms with van der Waals surface area (Å²) >= 11 is 0. The number of hydrogen-bond acceptors (Lipinski definition) is 3. The molecule has 0 radical (unpaired) electrons. The molecule has 2 aromatic carbocycles. The molecule has 0 saturated carbocycles. The van der Waals surface area contributed by atoms with Crippen molar-refractivity contribution < 1.29 is 9.47 Å². The predicted octanol–water partition coefficient (Wildman–Crippen LogP) is 3.63. The molecule has 0 unspecified atom stereocenters. The smallest absolute Gasteiger partial charge is 0.118 e. The van der Waals surface area contributed by atoms with Gasteiger partial charge in [0.15, 0.2) is 0 Å². The van der Waals surface area contributed by atoms with Crippen LogP contribution in [0.25, 0.3) is 0 Å². The summed E-state index contributed by atoms with van der Waals surface area (Å²) in [5.74, 6) is 0.870. The van der Waals surface area contributed by atoms with Crippen molar-refractivity contribution in [2.45, 2.75) is 13.5 Å². The van der Waals surface area contributed by atoms with Crippen molar-refractivity contribution >= 4 is 5.69 Å². The van der Waals surface area contributed by atoms with E-state index in [9.17, 15) is 0 Å². The Bertz CT molecular complexity index is 523. The van der Waals surface area contributed by atoms with Gasteiger partial charge in [-0.3, -0.25) is 0 Å². The second kappa shape index (κ2) is 7.56. The Balaban J connectivity index is 1.67. The maximum Gasteiger partial charge on any atom is 0.118 e. The first-order valence-corrected chi connectivity index (χ1v) is 6.80. The first-order chi connectivity index (χ1) is 9.79. The number of hydrogen-bond donors (Lipinski definition) is 1. The molecule has 3 heteroatoms. The lowest BCUT2D eigenvalue weighted by Gasteiger charge is -2.10. The van der Waals surface area contributed by atoms with Gasteiger partial charge in [-0.05, 0) is 36.2 Å². The Hall–Kier alpha value is -2.00. The highest BCUT2D eigenvalue weighted by molar-refractivity contribution is 5.50. The molecule has 0 amide bonds. The molecule has 0 aliphatic rings. The normalized spacial score (nSPS) is 10.3.